The minimum absolute atomic E-state index is 1.02. The molecule has 0 aliphatic rings. The van der Waals surface area contributed by atoms with Gasteiger partial charge in [-0.25, -0.2) is 0 Å². The molecule has 0 rings (SSSR count). The van der Waals surface area contributed by atoms with Crippen LogP contribution in [0, 0.1) is 11.8 Å². The summed E-state index contributed by atoms with van der Waals surface area (Å²) in [6, 6.07) is 0. The van der Waals surface area contributed by atoms with Crippen LogP contribution in [0.5, 0.6) is 0 Å². The molecule has 16 heavy (non-hydrogen) atoms. The third kappa shape index (κ3) is 7.30. The summed E-state index contributed by atoms with van der Waals surface area (Å²) in [6.45, 7) is 9.34. The standard InChI is InChI=1S/C16H34/c1-5-9-13-16(14-10-6-2)15(11-7-3)12-8-4/h15-16H,5-14H2,1-4H3. The van der Waals surface area contributed by atoms with Gasteiger partial charge < -0.3 is 0 Å². The largest absolute Gasteiger partial charge is 0.0654 e. The van der Waals surface area contributed by atoms with Crippen molar-refractivity contribution >= 4 is 0 Å². The third-order valence-electron chi connectivity index (χ3n) is 3.84. The Hall–Kier alpha value is 0. The number of hydrogen-bond acceptors (Lipinski definition) is 0. The number of rotatable bonds is 11. The normalized spacial score (nSPS) is 11.6. The molecule has 0 nitrogen and oxygen atoms in total. The fourth-order valence-electron chi connectivity index (χ4n) is 2.91. The molecular formula is C16H34. The van der Waals surface area contributed by atoms with E-state index < -0.39 is 0 Å². The van der Waals surface area contributed by atoms with Gasteiger partial charge in [-0.05, 0) is 11.8 Å². The molecule has 98 valence electrons. The molecule has 0 fully saturated rings. The van der Waals surface area contributed by atoms with Crippen LogP contribution in [0.25, 0.3) is 0 Å². The maximum atomic E-state index is 2.35. The van der Waals surface area contributed by atoms with Crippen molar-refractivity contribution in [2.24, 2.45) is 11.8 Å². The second-order valence-corrected chi connectivity index (χ2v) is 5.38. The van der Waals surface area contributed by atoms with Gasteiger partial charge in [0.05, 0.1) is 0 Å². The third-order valence-corrected chi connectivity index (χ3v) is 3.84. The Kier molecular flexibility index (Phi) is 11.5. The molecule has 0 bridgehead atoms. The van der Waals surface area contributed by atoms with Gasteiger partial charge in [0.1, 0.15) is 0 Å². The van der Waals surface area contributed by atoms with E-state index in [1.165, 1.54) is 64.2 Å². The van der Waals surface area contributed by atoms with E-state index in [1.807, 2.05) is 0 Å². The number of hydrogen-bond donors (Lipinski definition) is 0. The molecule has 0 radical (unpaired) electrons. The molecule has 0 atom stereocenters. The van der Waals surface area contributed by atoms with Crippen molar-refractivity contribution in [3.63, 3.8) is 0 Å². The molecule has 0 heteroatoms. The predicted molar refractivity (Wildman–Crippen MR) is 75.8 cm³/mol. The number of unbranched alkanes of at least 4 members (excludes halogenated alkanes) is 2. The lowest BCUT2D eigenvalue weighted by Gasteiger charge is -2.27. The SMILES string of the molecule is CCCCC(CCCC)C(CCC)CCC. The van der Waals surface area contributed by atoms with E-state index in [1.54, 1.807) is 0 Å². The summed E-state index contributed by atoms with van der Waals surface area (Å²) >= 11 is 0. The Labute approximate surface area is 104 Å². The highest BCUT2D eigenvalue weighted by Crippen LogP contribution is 2.31. The predicted octanol–water partition coefficient (Wildman–Crippen LogP) is 6.20. The summed E-state index contributed by atoms with van der Waals surface area (Å²) in [5.74, 6) is 2.05. The van der Waals surface area contributed by atoms with E-state index in [9.17, 15) is 0 Å². The van der Waals surface area contributed by atoms with Crippen LogP contribution in [0.15, 0.2) is 0 Å². The second-order valence-electron chi connectivity index (χ2n) is 5.38. The molecule has 0 heterocycles. The minimum atomic E-state index is 1.02. The topological polar surface area (TPSA) is 0 Å². The van der Waals surface area contributed by atoms with Crippen LogP contribution >= 0.6 is 0 Å². The van der Waals surface area contributed by atoms with E-state index in [4.69, 9.17) is 0 Å². The first-order chi connectivity index (χ1) is 7.79. The summed E-state index contributed by atoms with van der Waals surface area (Å²) in [6.07, 6.45) is 14.3. The molecule has 0 aromatic carbocycles. The van der Waals surface area contributed by atoms with Crippen LogP contribution in [-0.2, 0) is 0 Å². The van der Waals surface area contributed by atoms with Gasteiger partial charge in [0, 0.05) is 0 Å². The van der Waals surface area contributed by atoms with Gasteiger partial charge in [-0.3, -0.25) is 0 Å². The van der Waals surface area contributed by atoms with Crippen molar-refractivity contribution in [1.82, 2.24) is 0 Å². The summed E-state index contributed by atoms with van der Waals surface area (Å²) in [5.41, 5.74) is 0. The maximum Gasteiger partial charge on any atom is -0.0386 e. The zero-order valence-electron chi connectivity index (χ0n) is 12.2. The molecule has 0 unspecified atom stereocenters. The second kappa shape index (κ2) is 11.5. The fourth-order valence-corrected chi connectivity index (χ4v) is 2.91. The molecule has 0 aliphatic carbocycles. The Morgan fingerprint density at radius 2 is 0.875 bits per heavy atom. The van der Waals surface area contributed by atoms with Gasteiger partial charge in [-0.1, -0.05) is 91.9 Å². The van der Waals surface area contributed by atoms with Gasteiger partial charge in [-0.15, -0.1) is 0 Å². The van der Waals surface area contributed by atoms with Crippen molar-refractivity contribution in [2.45, 2.75) is 91.9 Å². The van der Waals surface area contributed by atoms with Crippen LogP contribution in [0.1, 0.15) is 91.9 Å². The molecular weight excluding hydrogens is 192 g/mol. The van der Waals surface area contributed by atoms with E-state index in [2.05, 4.69) is 27.7 Å². The van der Waals surface area contributed by atoms with Crippen LogP contribution in [0.3, 0.4) is 0 Å². The molecule has 0 amide bonds. The highest BCUT2D eigenvalue weighted by atomic mass is 14.2. The highest BCUT2D eigenvalue weighted by Gasteiger charge is 2.18. The Morgan fingerprint density at radius 1 is 0.500 bits per heavy atom. The molecule has 0 aliphatic heterocycles. The van der Waals surface area contributed by atoms with Gasteiger partial charge in [0.15, 0.2) is 0 Å². The Bertz CT molecular complexity index is 114. The Morgan fingerprint density at radius 3 is 1.19 bits per heavy atom. The zero-order valence-corrected chi connectivity index (χ0v) is 12.2. The smallest absolute Gasteiger partial charge is 0.0386 e. The molecule has 0 aromatic rings. The van der Waals surface area contributed by atoms with Crippen molar-refractivity contribution < 1.29 is 0 Å². The monoisotopic (exact) mass is 226 g/mol. The maximum absolute atomic E-state index is 2.35. The first-order valence-electron chi connectivity index (χ1n) is 7.79. The van der Waals surface area contributed by atoms with Crippen LogP contribution in [0.4, 0.5) is 0 Å². The van der Waals surface area contributed by atoms with E-state index in [-0.39, 0.29) is 0 Å². The minimum Gasteiger partial charge on any atom is -0.0654 e. The lowest BCUT2D eigenvalue weighted by Crippen LogP contribution is -2.15. The van der Waals surface area contributed by atoms with Gasteiger partial charge in [0.2, 0.25) is 0 Å². The van der Waals surface area contributed by atoms with Crippen LogP contribution in [-0.4, -0.2) is 0 Å². The van der Waals surface area contributed by atoms with Crippen molar-refractivity contribution in [3.05, 3.63) is 0 Å². The molecule has 0 N–H and O–H groups in total. The summed E-state index contributed by atoms with van der Waals surface area (Å²) in [4.78, 5) is 0. The first-order valence-corrected chi connectivity index (χ1v) is 7.79. The lowest BCUT2D eigenvalue weighted by atomic mass is 9.79. The highest BCUT2D eigenvalue weighted by molar-refractivity contribution is 4.70. The van der Waals surface area contributed by atoms with Gasteiger partial charge in [0.25, 0.3) is 0 Å². The quantitative estimate of drug-likeness (QED) is 0.393. The zero-order chi connectivity index (χ0) is 12.2. The van der Waals surface area contributed by atoms with Crippen molar-refractivity contribution in [3.8, 4) is 0 Å². The van der Waals surface area contributed by atoms with E-state index in [0.29, 0.717) is 0 Å². The fraction of sp³-hybridized carbons (Fsp3) is 1.00. The first kappa shape index (κ1) is 16.0. The van der Waals surface area contributed by atoms with Crippen molar-refractivity contribution in [1.29, 1.82) is 0 Å². The summed E-state index contributed by atoms with van der Waals surface area (Å²) < 4.78 is 0. The lowest BCUT2D eigenvalue weighted by molar-refractivity contribution is 0.248. The van der Waals surface area contributed by atoms with E-state index in [0.717, 1.165) is 11.8 Å². The van der Waals surface area contributed by atoms with Crippen LogP contribution < -0.4 is 0 Å². The van der Waals surface area contributed by atoms with Crippen molar-refractivity contribution in [2.75, 3.05) is 0 Å². The molecule has 0 saturated carbocycles. The molecule has 0 saturated heterocycles. The van der Waals surface area contributed by atoms with Gasteiger partial charge >= 0.3 is 0 Å². The summed E-state index contributed by atoms with van der Waals surface area (Å²) in [5, 5.41) is 0. The average molecular weight is 226 g/mol. The Balaban J connectivity index is 4.15. The van der Waals surface area contributed by atoms with Crippen LogP contribution in [0.2, 0.25) is 0 Å². The summed E-state index contributed by atoms with van der Waals surface area (Å²) in [7, 11) is 0. The average Bonchev–Trinajstić information content (AvgIpc) is 2.29. The van der Waals surface area contributed by atoms with Gasteiger partial charge in [-0.2, -0.15) is 0 Å². The van der Waals surface area contributed by atoms with E-state index >= 15 is 0 Å². The molecule has 0 aromatic heterocycles. The molecule has 0 spiro atoms.